The van der Waals surface area contributed by atoms with E-state index in [1.807, 2.05) is 0 Å². The standard InChI is InChI=1S/C13H12BrFN2O2/c1-18-13-4-2-3-8(17-13)7-19-12-6-10(15)9(14)5-11(12)16/h2-6H,7,16H2,1H3. The number of halogens is 2. The van der Waals surface area contributed by atoms with E-state index in [1.165, 1.54) is 19.2 Å². The van der Waals surface area contributed by atoms with Gasteiger partial charge in [-0.25, -0.2) is 9.37 Å². The SMILES string of the molecule is COc1cccc(COc2cc(F)c(Br)cc2N)n1. The van der Waals surface area contributed by atoms with Gasteiger partial charge in [0.2, 0.25) is 5.88 Å². The molecule has 0 radical (unpaired) electrons. The number of hydrogen-bond donors (Lipinski definition) is 1. The molecule has 1 aromatic heterocycles. The van der Waals surface area contributed by atoms with E-state index in [0.717, 1.165) is 0 Å². The second-order valence-electron chi connectivity index (χ2n) is 3.76. The number of nitrogens with zero attached hydrogens (tertiary/aromatic N) is 1. The molecule has 0 atom stereocenters. The van der Waals surface area contributed by atoms with Crippen LogP contribution < -0.4 is 15.2 Å². The van der Waals surface area contributed by atoms with Crippen molar-refractivity contribution in [3.63, 3.8) is 0 Å². The average Bonchev–Trinajstić information content (AvgIpc) is 2.41. The number of pyridine rings is 1. The Morgan fingerprint density at radius 3 is 2.89 bits per heavy atom. The number of nitrogens with two attached hydrogens (primary N) is 1. The van der Waals surface area contributed by atoms with E-state index in [4.69, 9.17) is 15.2 Å². The molecule has 1 aromatic carbocycles. The molecule has 0 unspecified atom stereocenters. The van der Waals surface area contributed by atoms with E-state index >= 15 is 0 Å². The molecule has 2 N–H and O–H groups in total. The Balaban J connectivity index is 2.12. The Morgan fingerprint density at radius 2 is 2.16 bits per heavy atom. The number of hydrogen-bond acceptors (Lipinski definition) is 4. The minimum absolute atomic E-state index is 0.183. The summed E-state index contributed by atoms with van der Waals surface area (Å²) in [7, 11) is 1.54. The normalized spacial score (nSPS) is 10.3. The predicted molar refractivity (Wildman–Crippen MR) is 73.6 cm³/mol. The summed E-state index contributed by atoms with van der Waals surface area (Å²) in [6, 6.07) is 8.02. The smallest absolute Gasteiger partial charge is 0.213 e. The Hall–Kier alpha value is -1.82. The van der Waals surface area contributed by atoms with Gasteiger partial charge in [0.15, 0.2) is 0 Å². The third-order valence-electron chi connectivity index (χ3n) is 2.42. The van der Waals surface area contributed by atoms with E-state index < -0.39 is 5.82 Å². The number of methoxy groups -OCH3 is 1. The highest BCUT2D eigenvalue weighted by atomic mass is 79.9. The summed E-state index contributed by atoms with van der Waals surface area (Å²) in [6.07, 6.45) is 0. The summed E-state index contributed by atoms with van der Waals surface area (Å²) in [5.41, 5.74) is 6.77. The van der Waals surface area contributed by atoms with E-state index in [0.29, 0.717) is 21.7 Å². The van der Waals surface area contributed by atoms with Gasteiger partial charge in [-0.05, 0) is 28.1 Å². The van der Waals surface area contributed by atoms with Crippen LogP contribution in [0, 0.1) is 5.82 Å². The average molecular weight is 327 g/mol. The Labute approximate surface area is 118 Å². The fraction of sp³-hybridized carbons (Fsp3) is 0.154. The first-order valence-corrected chi connectivity index (χ1v) is 6.26. The van der Waals surface area contributed by atoms with Crippen molar-refractivity contribution in [2.45, 2.75) is 6.61 Å². The second-order valence-corrected chi connectivity index (χ2v) is 4.62. The van der Waals surface area contributed by atoms with Gasteiger partial charge in [-0.1, -0.05) is 6.07 Å². The molecule has 0 saturated heterocycles. The molecule has 0 fully saturated rings. The van der Waals surface area contributed by atoms with Crippen LogP contribution in [0.25, 0.3) is 0 Å². The van der Waals surface area contributed by atoms with Crippen molar-refractivity contribution < 1.29 is 13.9 Å². The van der Waals surface area contributed by atoms with Gasteiger partial charge in [-0.3, -0.25) is 0 Å². The fourth-order valence-electron chi connectivity index (χ4n) is 1.47. The lowest BCUT2D eigenvalue weighted by molar-refractivity contribution is 0.298. The molecule has 6 heteroatoms. The zero-order chi connectivity index (χ0) is 13.8. The van der Waals surface area contributed by atoms with E-state index in [9.17, 15) is 4.39 Å². The monoisotopic (exact) mass is 326 g/mol. The van der Waals surface area contributed by atoms with Crippen LogP contribution in [0.3, 0.4) is 0 Å². The quantitative estimate of drug-likeness (QED) is 0.877. The van der Waals surface area contributed by atoms with Gasteiger partial charge in [-0.15, -0.1) is 0 Å². The van der Waals surface area contributed by atoms with Gasteiger partial charge in [-0.2, -0.15) is 0 Å². The lowest BCUT2D eigenvalue weighted by Crippen LogP contribution is -2.02. The van der Waals surface area contributed by atoms with Gasteiger partial charge in [0.25, 0.3) is 0 Å². The third kappa shape index (κ3) is 3.35. The minimum Gasteiger partial charge on any atom is -0.485 e. The summed E-state index contributed by atoms with van der Waals surface area (Å²) in [6.45, 7) is 0.183. The van der Waals surface area contributed by atoms with Crippen molar-refractivity contribution in [2.75, 3.05) is 12.8 Å². The second kappa shape index (κ2) is 5.88. The molecule has 0 spiro atoms. The molecule has 2 aromatic rings. The zero-order valence-electron chi connectivity index (χ0n) is 10.2. The lowest BCUT2D eigenvalue weighted by Gasteiger charge is -2.10. The summed E-state index contributed by atoms with van der Waals surface area (Å²) in [5.74, 6) is 0.351. The molecule has 0 aliphatic rings. The van der Waals surface area contributed by atoms with E-state index in [-0.39, 0.29) is 12.4 Å². The zero-order valence-corrected chi connectivity index (χ0v) is 11.8. The first-order chi connectivity index (χ1) is 9.10. The third-order valence-corrected chi connectivity index (χ3v) is 3.03. The van der Waals surface area contributed by atoms with Crippen LogP contribution in [0.1, 0.15) is 5.69 Å². The predicted octanol–water partition coefficient (Wildman–Crippen LogP) is 3.15. The van der Waals surface area contributed by atoms with Crippen molar-refractivity contribution >= 4 is 21.6 Å². The first kappa shape index (κ1) is 13.6. The largest absolute Gasteiger partial charge is 0.485 e. The summed E-state index contributed by atoms with van der Waals surface area (Å²) in [4.78, 5) is 4.18. The van der Waals surface area contributed by atoms with Crippen LogP contribution in [-0.4, -0.2) is 12.1 Å². The lowest BCUT2D eigenvalue weighted by atomic mass is 10.3. The number of aromatic nitrogens is 1. The molecule has 2 rings (SSSR count). The molecule has 0 aliphatic carbocycles. The number of anilines is 1. The van der Waals surface area contributed by atoms with Gasteiger partial charge >= 0.3 is 0 Å². The van der Waals surface area contributed by atoms with Crippen LogP contribution in [0.4, 0.5) is 10.1 Å². The van der Waals surface area contributed by atoms with Gasteiger partial charge < -0.3 is 15.2 Å². The molecule has 1 heterocycles. The highest BCUT2D eigenvalue weighted by Gasteiger charge is 2.08. The molecule has 100 valence electrons. The fourth-order valence-corrected chi connectivity index (χ4v) is 1.83. The highest BCUT2D eigenvalue weighted by molar-refractivity contribution is 9.10. The molecule has 0 saturated carbocycles. The van der Waals surface area contributed by atoms with Gasteiger partial charge in [0.1, 0.15) is 18.2 Å². The maximum absolute atomic E-state index is 13.4. The molecule has 19 heavy (non-hydrogen) atoms. The van der Waals surface area contributed by atoms with E-state index in [1.54, 1.807) is 18.2 Å². The molecular weight excluding hydrogens is 315 g/mol. The number of ether oxygens (including phenoxy) is 2. The van der Waals surface area contributed by atoms with Crippen LogP contribution in [0.5, 0.6) is 11.6 Å². The van der Waals surface area contributed by atoms with Crippen molar-refractivity contribution in [3.8, 4) is 11.6 Å². The summed E-state index contributed by atoms with van der Waals surface area (Å²) >= 11 is 3.06. The van der Waals surface area contributed by atoms with E-state index in [2.05, 4.69) is 20.9 Å². The minimum atomic E-state index is -0.428. The topological polar surface area (TPSA) is 57.4 Å². The molecule has 0 aliphatic heterocycles. The highest BCUT2D eigenvalue weighted by Crippen LogP contribution is 2.28. The maximum Gasteiger partial charge on any atom is 0.213 e. The van der Waals surface area contributed by atoms with Crippen molar-refractivity contribution in [2.24, 2.45) is 0 Å². The van der Waals surface area contributed by atoms with Crippen molar-refractivity contribution in [1.29, 1.82) is 0 Å². The van der Waals surface area contributed by atoms with Gasteiger partial charge in [0.05, 0.1) is 23.0 Å². The Kier molecular flexibility index (Phi) is 4.21. The van der Waals surface area contributed by atoms with Crippen LogP contribution in [-0.2, 0) is 6.61 Å². The molecule has 0 bridgehead atoms. The van der Waals surface area contributed by atoms with Crippen molar-refractivity contribution in [1.82, 2.24) is 4.98 Å². The summed E-state index contributed by atoms with van der Waals surface area (Å²) < 4.78 is 24.2. The number of benzene rings is 1. The maximum atomic E-state index is 13.4. The number of nitrogen functional groups attached to an aromatic ring is 1. The van der Waals surface area contributed by atoms with Gasteiger partial charge in [0, 0.05) is 12.1 Å². The molecular formula is C13H12BrFN2O2. The number of rotatable bonds is 4. The molecule has 0 amide bonds. The van der Waals surface area contributed by atoms with Crippen LogP contribution in [0.2, 0.25) is 0 Å². The van der Waals surface area contributed by atoms with Crippen molar-refractivity contribution in [3.05, 3.63) is 46.3 Å². The Bertz CT molecular complexity index is 593. The molecule has 4 nitrogen and oxygen atoms in total. The summed E-state index contributed by atoms with van der Waals surface area (Å²) in [5, 5.41) is 0. The van der Waals surface area contributed by atoms with Crippen LogP contribution >= 0.6 is 15.9 Å². The Morgan fingerprint density at radius 1 is 1.37 bits per heavy atom. The van der Waals surface area contributed by atoms with Crippen LogP contribution in [0.15, 0.2) is 34.8 Å². The first-order valence-electron chi connectivity index (χ1n) is 5.47.